The highest BCUT2D eigenvalue weighted by molar-refractivity contribution is 7.80. The predicted molar refractivity (Wildman–Crippen MR) is 122 cm³/mol. The van der Waals surface area contributed by atoms with Gasteiger partial charge in [-0.05, 0) is 71.2 Å². The summed E-state index contributed by atoms with van der Waals surface area (Å²) < 4.78 is 1.84. The Morgan fingerprint density at radius 2 is 1.97 bits per heavy atom. The van der Waals surface area contributed by atoms with Crippen molar-refractivity contribution < 1.29 is 0 Å². The first-order valence-electron chi connectivity index (χ1n) is 10.4. The van der Waals surface area contributed by atoms with Gasteiger partial charge in [0.2, 0.25) is 0 Å². The second-order valence-corrected chi connectivity index (χ2v) is 8.22. The number of fused-ring (bicyclic) bond motifs is 3. The lowest BCUT2D eigenvalue weighted by molar-refractivity contribution is 0.396. The van der Waals surface area contributed by atoms with E-state index in [2.05, 4.69) is 69.1 Å². The van der Waals surface area contributed by atoms with E-state index in [4.69, 9.17) is 12.2 Å². The van der Waals surface area contributed by atoms with E-state index in [0.717, 1.165) is 40.2 Å². The quantitative estimate of drug-likeness (QED) is 0.482. The van der Waals surface area contributed by atoms with Crippen molar-refractivity contribution in [2.45, 2.75) is 45.3 Å². The van der Waals surface area contributed by atoms with E-state index < -0.39 is 0 Å². The van der Waals surface area contributed by atoms with Gasteiger partial charge in [0.05, 0.1) is 5.52 Å². The number of hydrogen-bond donors (Lipinski definition) is 1. The summed E-state index contributed by atoms with van der Waals surface area (Å²) in [7, 11) is 0. The lowest BCUT2D eigenvalue weighted by Crippen LogP contribution is -2.40. The molecule has 4 aromatic rings. The molecule has 152 valence electrons. The zero-order valence-corrected chi connectivity index (χ0v) is 17.8. The van der Waals surface area contributed by atoms with Crippen LogP contribution >= 0.6 is 12.2 Å². The van der Waals surface area contributed by atoms with Crippen molar-refractivity contribution >= 4 is 33.9 Å². The van der Waals surface area contributed by atoms with Gasteiger partial charge in [0.25, 0.3) is 0 Å². The largest absolute Gasteiger partial charge is 0.358 e. The smallest absolute Gasteiger partial charge is 0.184 e. The third-order valence-electron chi connectivity index (χ3n) is 5.69. The molecule has 7 heteroatoms. The van der Waals surface area contributed by atoms with Crippen LogP contribution in [0.5, 0.6) is 0 Å². The Hall–Kier alpha value is -3.06. The summed E-state index contributed by atoms with van der Waals surface area (Å²) in [5.41, 5.74) is 5.44. The summed E-state index contributed by atoms with van der Waals surface area (Å²) in [5, 5.41) is 17.9. The number of thiocarbonyl (C=S) groups is 1. The Bertz CT molecular complexity index is 1200. The molecular weight excluding hydrogens is 392 g/mol. The van der Waals surface area contributed by atoms with Crippen LogP contribution < -0.4 is 5.32 Å². The third-order valence-corrected chi connectivity index (χ3v) is 6.07. The van der Waals surface area contributed by atoms with Crippen LogP contribution in [0.4, 0.5) is 0 Å². The minimum absolute atomic E-state index is 0.481. The highest BCUT2D eigenvalue weighted by Crippen LogP contribution is 2.30. The first-order chi connectivity index (χ1) is 14.7. The van der Waals surface area contributed by atoms with Gasteiger partial charge in [-0.1, -0.05) is 43.3 Å². The molecule has 1 fully saturated rings. The van der Waals surface area contributed by atoms with Crippen LogP contribution in [0.15, 0.2) is 54.6 Å². The van der Waals surface area contributed by atoms with E-state index >= 15 is 0 Å². The molecule has 0 radical (unpaired) electrons. The van der Waals surface area contributed by atoms with Gasteiger partial charge in [-0.3, -0.25) is 0 Å². The molecule has 0 aliphatic heterocycles. The zero-order chi connectivity index (χ0) is 20.5. The van der Waals surface area contributed by atoms with Crippen molar-refractivity contribution in [1.29, 1.82) is 0 Å². The Balaban J connectivity index is 1.44. The molecule has 0 saturated heterocycles. The topological polar surface area (TPSA) is 58.3 Å². The minimum Gasteiger partial charge on any atom is -0.358 e. The summed E-state index contributed by atoms with van der Waals surface area (Å²) in [6, 6.07) is 19.5. The molecule has 2 aromatic heterocycles. The van der Waals surface area contributed by atoms with E-state index in [0.29, 0.717) is 12.6 Å². The average Bonchev–Trinajstić information content (AvgIpc) is 3.50. The van der Waals surface area contributed by atoms with Gasteiger partial charge in [0.15, 0.2) is 10.8 Å². The third kappa shape index (κ3) is 3.73. The summed E-state index contributed by atoms with van der Waals surface area (Å²) in [4.78, 5) is 2.29. The zero-order valence-electron chi connectivity index (χ0n) is 17.0. The number of aryl methyl sites for hydroxylation is 1. The van der Waals surface area contributed by atoms with E-state index in [1.807, 2.05) is 22.7 Å². The molecule has 1 aliphatic carbocycles. The second-order valence-electron chi connectivity index (χ2n) is 7.83. The first kappa shape index (κ1) is 18.9. The van der Waals surface area contributed by atoms with Crippen LogP contribution in [0.1, 0.15) is 36.5 Å². The summed E-state index contributed by atoms with van der Waals surface area (Å²) in [6.45, 7) is 3.59. The van der Waals surface area contributed by atoms with Gasteiger partial charge in [-0.25, -0.2) is 0 Å². The van der Waals surface area contributed by atoms with E-state index in [9.17, 15) is 0 Å². The Labute approximate surface area is 180 Å². The fourth-order valence-corrected chi connectivity index (χ4v) is 4.15. The summed E-state index contributed by atoms with van der Waals surface area (Å²) in [5.74, 6) is 0. The molecule has 0 bridgehead atoms. The average molecular weight is 417 g/mol. The number of rotatable bonds is 6. The maximum atomic E-state index is 5.78. The molecule has 2 heterocycles. The van der Waals surface area contributed by atoms with Crippen molar-refractivity contribution in [3.63, 3.8) is 0 Å². The van der Waals surface area contributed by atoms with Crippen LogP contribution in [0.2, 0.25) is 0 Å². The monoisotopic (exact) mass is 416 g/mol. The van der Waals surface area contributed by atoms with Gasteiger partial charge in [0.1, 0.15) is 0 Å². The maximum Gasteiger partial charge on any atom is 0.184 e. The van der Waals surface area contributed by atoms with Crippen LogP contribution in [0, 0.1) is 0 Å². The second kappa shape index (κ2) is 7.99. The standard InChI is InChI=1S/C23H24N6S/c1-2-16-8-11-21-18(12-16)13-19(22-25-26-27-29(21)22)15-28(20-9-10-20)23(30)24-14-17-6-4-3-5-7-17/h3-8,11-13,20H,2,9-10,14-15H2,1H3,(H,24,30). The molecule has 0 amide bonds. The lowest BCUT2D eigenvalue weighted by atomic mass is 10.1. The molecule has 5 rings (SSSR count). The van der Waals surface area contributed by atoms with Gasteiger partial charge < -0.3 is 10.2 Å². The van der Waals surface area contributed by atoms with Crippen LogP contribution in [-0.2, 0) is 19.5 Å². The number of nitrogens with zero attached hydrogens (tertiary/aromatic N) is 5. The molecule has 1 saturated carbocycles. The lowest BCUT2D eigenvalue weighted by Gasteiger charge is -2.26. The van der Waals surface area contributed by atoms with Crippen molar-refractivity contribution in [3.05, 3.63) is 71.3 Å². The number of nitrogens with one attached hydrogen (secondary N) is 1. The fourth-order valence-electron chi connectivity index (χ4n) is 3.86. The number of aromatic nitrogens is 4. The van der Waals surface area contributed by atoms with Gasteiger partial charge in [-0.2, -0.15) is 4.52 Å². The number of pyridine rings is 1. The van der Waals surface area contributed by atoms with Crippen molar-refractivity contribution in [3.8, 4) is 0 Å². The molecule has 0 unspecified atom stereocenters. The van der Waals surface area contributed by atoms with E-state index in [-0.39, 0.29) is 0 Å². The van der Waals surface area contributed by atoms with E-state index in [1.54, 1.807) is 0 Å². The van der Waals surface area contributed by atoms with Crippen LogP contribution in [0.25, 0.3) is 16.6 Å². The number of tetrazole rings is 1. The van der Waals surface area contributed by atoms with Crippen molar-refractivity contribution in [2.75, 3.05) is 0 Å². The molecule has 6 nitrogen and oxygen atoms in total. The number of benzene rings is 2. The fraction of sp³-hybridized carbons (Fsp3) is 0.304. The van der Waals surface area contributed by atoms with E-state index in [1.165, 1.54) is 24.0 Å². The summed E-state index contributed by atoms with van der Waals surface area (Å²) >= 11 is 5.78. The SMILES string of the molecule is CCc1ccc2c(c1)cc(CN(C(=S)NCc1ccccc1)C1CC1)c1nnnn12. The van der Waals surface area contributed by atoms with Gasteiger partial charge >= 0.3 is 0 Å². The Morgan fingerprint density at radius 1 is 1.13 bits per heavy atom. The Morgan fingerprint density at radius 3 is 2.73 bits per heavy atom. The highest BCUT2D eigenvalue weighted by atomic mass is 32.1. The molecule has 0 spiro atoms. The van der Waals surface area contributed by atoms with Crippen LogP contribution in [0.3, 0.4) is 0 Å². The van der Waals surface area contributed by atoms with Crippen LogP contribution in [-0.4, -0.2) is 36.1 Å². The molecular formula is C23H24N6S. The predicted octanol–water partition coefficient (Wildman–Crippen LogP) is 3.88. The maximum absolute atomic E-state index is 5.78. The molecule has 0 atom stereocenters. The highest BCUT2D eigenvalue weighted by Gasteiger charge is 2.31. The summed E-state index contributed by atoms with van der Waals surface area (Å²) in [6.07, 6.45) is 3.34. The van der Waals surface area contributed by atoms with Crippen molar-refractivity contribution in [1.82, 2.24) is 30.3 Å². The van der Waals surface area contributed by atoms with Gasteiger partial charge in [0, 0.05) is 30.1 Å². The van der Waals surface area contributed by atoms with Crippen molar-refractivity contribution in [2.24, 2.45) is 0 Å². The minimum atomic E-state index is 0.481. The first-order valence-corrected chi connectivity index (χ1v) is 10.8. The molecule has 2 aromatic carbocycles. The van der Waals surface area contributed by atoms with Gasteiger partial charge in [-0.15, -0.1) is 5.10 Å². The number of hydrogen-bond acceptors (Lipinski definition) is 4. The normalized spacial score (nSPS) is 13.6. The molecule has 30 heavy (non-hydrogen) atoms. The molecule has 1 N–H and O–H groups in total. The molecule has 1 aliphatic rings. The Kier molecular flexibility index (Phi) is 5.04.